The average Bonchev–Trinajstić information content (AvgIpc) is 2.92. The van der Waals surface area contributed by atoms with Crippen molar-refractivity contribution in [2.75, 3.05) is 20.3 Å². The zero-order valence-electron chi connectivity index (χ0n) is 10.9. The van der Waals surface area contributed by atoms with Crippen LogP contribution in [0.1, 0.15) is 5.89 Å². The first-order valence-electron chi connectivity index (χ1n) is 5.98. The molecule has 0 spiro atoms. The number of nitrogens with zero attached hydrogens (tertiary/aromatic N) is 3. The summed E-state index contributed by atoms with van der Waals surface area (Å²) < 4.78 is 9.98. The minimum atomic E-state index is -0.453. The van der Waals surface area contributed by atoms with Gasteiger partial charge >= 0.3 is 0 Å². The summed E-state index contributed by atoms with van der Waals surface area (Å²) in [7, 11) is 1.63. The van der Waals surface area contributed by atoms with Crippen molar-refractivity contribution in [2.45, 2.75) is 6.54 Å². The fourth-order valence-electron chi connectivity index (χ4n) is 1.55. The summed E-state index contributed by atoms with van der Waals surface area (Å²) in [5.74, 6) is 0.859. The molecule has 0 saturated heterocycles. The second kappa shape index (κ2) is 6.73. The van der Waals surface area contributed by atoms with E-state index in [1.54, 1.807) is 19.2 Å². The maximum absolute atomic E-state index is 10.6. The fraction of sp³-hybridized carbons (Fsp3) is 0.333. The van der Waals surface area contributed by atoms with Crippen molar-refractivity contribution >= 4 is 5.69 Å². The quantitative estimate of drug-likeness (QED) is 0.463. The summed E-state index contributed by atoms with van der Waals surface area (Å²) in [4.78, 5) is 14.3. The molecule has 0 fully saturated rings. The Bertz CT molecular complexity index is 567. The van der Waals surface area contributed by atoms with Gasteiger partial charge < -0.3 is 14.6 Å². The standard InChI is InChI=1S/C12H14N4O4/c1-19-7-6-13-8-11-14-12(15-20-11)9-2-4-10(5-3-9)16(17)18/h2-5,13H,6-8H2,1H3. The first-order chi connectivity index (χ1) is 9.70. The number of benzene rings is 1. The second-order valence-corrected chi connectivity index (χ2v) is 3.99. The van der Waals surface area contributed by atoms with Crippen LogP contribution in [0.2, 0.25) is 0 Å². The lowest BCUT2D eigenvalue weighted by molar-refractivity contribution is -0.384. The fourth-order valence-corrected chi connectivity index (χ4v) is 1.55. The van der Waals surface area contributed by atoms with Crippen molar-refractivity contribution in [2.24, 2.45) is 0 Å². The van der Waals surface area contributed by atoms with Crippen molar-refractivity contribution in [3.05, 3.63) is 40.3 Å². The number of nitro groups is 1. The van der Waals surface area contributed by atoms with Gasteiger partial charge in [0.15, 0.2) is 0 Å². The third-order valence-electron chi connectivity index (χ3n) is 2.56. The maximum Gasteiger partial charge on any atom is 0.269 e. The summed E-state index contributed by atoms with van der Waals surface area (Å²) in [5.41, 5.74) is 0.696. The van der Waals surface area contributed by atoms with Gasteiger partial charge in [-0.3, -0.25) is 10.1 Å². The molecule has 8 heteroatoms. The molecular formula is C12H14N4O4. The molecule has 1 aromatic heterocycles. The Morgan fingerprint density at radius 2 is 2.15 bits per heavy atom. The molecule has 2 aromatic rings. The molecule has 0 unspecified atom stereocenters. The van der Waals surface area contributed by atoms with E-state index >= 15 is 0 Å². The molecule has 0 bridgehead atoms. The predicted octanol–water partition coefficient (Wildman–Crippen LogP) is 1.38. The van der Waals surface area contributed by atoms with E-state index in [1.165, 1.54) is 12.1 Å². The number of nitro benzene ring substituents is 1. The van der Waals surface area contributed by atoms with Gasteiger partial charge in [-0.1, -0.05) is 5.16 Å². The van der Waals surface area contributed by atoms with Gasteiger partial charge in [0, 0.05) is 31.4 Å². The summed E-state index contributed by atoms with van der Waals surface area (Å²) in [6.45, 7) is 1.73. The molecule has 8 nitrogen and oxygen atoms in total. The summed E-state index contributed by atoms with van der Waals surface area (Å²) >= 11 is 0. The minimum absolute atomic E-state index is 0.0266. The Labute approximate surface area is 114 Å². The zero-order chi connectivity index (χ0) is 14.4. The van der Waals surface area contributed by atoms with Crippen LogP contribution in [0.15, 0.2) is 28.8 Å². The number of nitrogens with one attached hydrogen (secondary N) is 1. The highest BCUT2D eigenvalue weighted by Gasteiger charge is 2.10. The number of ether oxygens (including phenoxy) is 1. The van der Waals surface area contributed by atoms with Gasteiger partial charge in [0.25, 0.3) is 5.69 Å². The largest absolute Gasteiger partial charge is 0.383 e. The molecule has 1 heterocycles. The number of methoxy groups -OCH3 is 1. The van der Waals surface area contributed by atoms with Gasteiger partial charge in [-0.25, -0.2) is 0 Å². The van der Waals surface area contributed by atoms with Crippen molar-refractivity contribution < 1.29 is 14.2 Å². The molecule has 20 heavy (non-hydrogen) atoms. The Morgan fingerprint density at radius 3 is 2.80 bits per heavy atom. The van der Waals surface area contributed by atoms with E-state index in [4.69, 9.17) is 9.26 Å². The lowest BCUT2D eigenvalue weighted by Crippen LogP contribution is -2.18. The molecule has 106 valence electrons. The molecule has 1 aromatic carbocycles. The number of aromatic nitrogens is 2. The van der Waals surface area contributed by atoms with Crippen LogP contribution in [0.3, 0.4) is 0 Å². The zero-order valence-corrected chi connectivity index (χ0v) is 10.9. The van der Waals surface area contributed by atoms with E-state index in [0.717, 1.165) is 0 Å². The smallest absolute Gasteiger partial charge is 0.269 e. The predicted molar refractivity (Wildman–Crippen MR) is 70.0 cm³/mol. The van der Waals surface area contributed by atoms with Crippen molar-refractivity contribution in [3.8, 4) is 11.4 Å². The summed E-state index contributed by atoms with van der Waals surface area (Å²) in [6.07, 6.45) is 0. The Kier molecular flexibility index (Phi) is 4.75. The monoisotopic (exact) mass is 278 g/mol. The molecule has 0 atom stereocenters. The number of hydrogen-bond acceptors (Lipinski definition) is 7. The van der Waals surface area contributed by atoms with Crippen LogP contribution >= 0.6 is 0 Å². The van der Waals surface area contributed by atoms with Crippen molar-refractivity contribution in [1.82, 2.24) is 15.5 Å². The van der Waals surface area contributed by atoms with Crippen LogP contribution in [0, 0.1) is 10.1 Å². The third-order valence-corrected chi connectivity index (χ3v) is 2.56. The molecule has 0 radical (unpaired) electrons. The summed E-state index contributed by atoms with van der Waals surface area (Å²) in [6, 6.07) is 5.99. The molecule has 0 aliphatic rings. The average molecular weight is 278 g/mol. The summed E-state index contributed by atoms with van der Waals surface area (Å²) in [5, 5.41) is 17.5. The SMILES string of the molecule is COCCNCc1nc(-c2ccc([N+](=O)[O-])cc2)no1. The molecule has 0 aliphatic carbocycles. The third kappa shape index (κ3) is 3.59. The van der Waals surface area contributed by atoms with E-state index in [-0.39, 0.29) is 5.69 Å². The highest BCUT2D eigenvalue weighted by molar-refractivity contribution is 5.56. The molecule has 1 N–H and O–H groups in total. The van der Waals surface area contributed by atoms with Crippen LogP contribution in [-0.4, -0.2) is 35.3 Å². The molecule has 0 saturated carbocycles. The highest BCUT2D eigenvalue weighted by atomic mass is 16.6. The highest BCUT2D eigenvalue weighted by Crippen LogP contribution is 2.19. The van der Waals surface area contributed by atoms with Gasteiger partial charge in [-0.05, 0) is 12.1 Å². The normalized spacial score (nSPS) is 10.7. The van der Waals surface area contributed by atoms with E-state index in [2.05, 4.69) is 15.5 Å². The van der Waals surface area contributed by atoms with Gasteiger partial charge in [0.1, 0.15) is 0 Å². The van der Waals surface area contributed by atoms with Crippen LogP contribution < -0.4 is 5.32 Å². The molecule has 0 amide bonds. The van der Waals surface area contributed by atoms with Crippen LogP contribution in [0.25, 0.3) is 11.4 Å². The number of rotatable bonds is 7. The van der Waals surface area contributed by atoms with E-state index < -0.39 is 4.92 Å². The van der Waals surface area contributed by atoms with E-state index in [9.17, 15) is 10.1 Å². The number of hydrogen-bond donors (Lipinski definition) is 1. The lowest BCUT2D eigenvalue weighted by atomic mass is 10.2. The van der Waals surface area contributed by atoms with E-state index in [0.29, 0.717) is 37.0 Å². The Morgan fingerprint density at radius 1 is 1.40 bits per heavy atom. The molecule has 0 aliphatic heterocycles. The van der Waals surface area contributed by atoms with Gasteiger partial charge in [-0.2, -0.15) is 4.98 Å². The van der Waals surface area contributed by atoms with Gasteiger partial charge in [0.2, 0.25) is 11.7 Å². The first kappa shape index (κ1) is 14.1. The molecular weight excluding hydrogens is 264 g/mol. The minimum Gasteiger partial charge on any atom is -0.383 e. The number of non-ortho nitro benzene ring substituents is 1. The first-order valence-corrected chi connectivity index (χ1v) is 5.98. The van der Waals surface area contributed by atoms with Crippen LogP contribution in [-0.2, 0) is 11.3 Å². The van der Waals surface area contributed by atoms with Crippen molar-refractivity contribution in [1.29, 1.82) is 0 Å². The lowest BCUT2D eigenvalue weighted by Gasteiger charge is -1.98. The van der Waals surface area contributed by atoms with Crippen LogP contribution in [0.5, 0.6) is 0 Å². The Balaban J connectivity index is 1.99. The Hall–Kier alpha value is -2.32. The maximum atomic E-state index is 10.6. The topological polar surface area (TPSA) is 103 Å². The molecule has 2 rings (SSSR count). The van der Waals surface area contributed by atoms with Gasteiger partial charge in [-0.15, -0.1) is 0 Å². The van der Waals surface area contributed by atoms with Gasteiger partial charge in [0.05, 0.1) is 18.1 Å². The van der Waals surface area contributed by atoms with Crippen LogP contribution in [0.4, 0.5) is 5.69 Å². The van der Waals surface area contributed by atoms with E-state index in [1.807, 2.05) is 0 Å². The second-order valence-electron chi connectivity index (χ2n) is 3.99. The van der Waals surface area contributed by atoms with Crippen molar-refractivity contribution in [3.63, 3.8) is 0 Å².